The first kappa shape index (κ1) is 18.7. The lowest BCUT2D eigenvalue weighted by Gasteiger charge is -2.14. The van der Waals surface area contributed by atoms with Gasteiger partial charge in [0.1, 0.15) is 6.04 Å². The summed E-state index contributed by atoms with van der Waals surface area (Å²) in [6, 6.07) is 5.00. The number of aryl methyl sites for hydroxylation is 2. The fourth-order valence-corrected chi connectivity index (χ4v) is 2.55. The van der Waals surface area contributed by atoms with Crippen molar-refractivity contribution in [3.05, 3.63) is 46.8 Å². The highest BCUT2D eigenvalue weighted by Gasteiger charge is 2.23. The number of aromatic nitrogens is 2. The molecule has 2 aromatic rings. The number of methoxy groups -OCH3 is 1. The van der Waals surface area contributed by atoms with Gasteiger partial charge in [0, 0.05) is 20.1 Å². The SMILES string of the molecule is COCCC(NC(=O)c1cnn(-c2cc(C)ccc2C)c1C)C(=O)O. The third kappa shape index (κ3) is 4.24. The molecule has 134 valence electrons. The largest absolute Gasteiger partial charge is 0.480 e. The van der Waals surface area contributed by atoms with E-state index in [1.807, 2.05) is 32.0 Å². The van der Waals surface area contributed by atoms with E-state index >= 15 is 0 Å². The Hall–Kier alpha value is -2.67. The molecule has 0 aliphatic rings. The van der Waals surface area contributed by atoms with E-state index < -0.39 is 17.9 Å². The van der Waals surface area contributed by atoms with Crippen molar-refractivity contribution in [1.82, 2.24) is 15.1 Å². The molecule has 0 bridgehead atoms. The molecule has 0 fully saturated rings. The van der Waals surface area contributed by atoms with E-state index in [0.717, 1.165) is 16.8 Å². The summed E-state index contributed by atoms with van der Waals surface area (Å²) in [5.74, 6) is -1.55. The lowest BCUT2D eigenvalue weighted by atomic mass is 10.1. The van der Waals surface area contributed by atoms with Crippen LogP contribution in [0.5, 0.6) is 0 Å². The lowest BCUT2D eigenvalue weighted by Crippen LogP contribution is -2.41. The van der Waals surface area contributed by atoms with Crippen molar-refractivity contribution in [2.75, 3.05) is 13.7 Å². The van der Waals surface area contributed by atoms with E-state index in [2.05, 4.69) is 10.4 Å². The molecule has 0 radical (unpaired) electrons. The summed E-state index contributed by atoms with van der Waals surface area (Å²) in [6.07, 6.45) is 1.66. The maximum Gasteiger partial charge on any atom is 0.326 e. The smallest absolute Gasteiger partial charge is 0.326 e. The zero-order valence-electron chi connectivity index (χ0n) is 14.9. The Balaban J connectivity index is 2.26. The van der Waals surface area contributed by atoms with Gasteiger partial charge in [-0.3, -0.25) is 4.79 Å². The van der Waals surface area contributed by atoms with Gasteiger partial charge in [-0.05, 0) is 38.0 Å². The third-order valence-electron chi connectivity index (χ3n) is 4.06. The number of carboxylic acid groups (broad SMARTS) is 1. The second kappa shape index (κ2) is 7.94. The number of carbonyl (C=O) groups is 2. The Morgan fingerprint density at radius 3 is 2.68 bits per heavy atom. The quantitative estimate of drug-likeness (QED) is 0.801. The van der Waals surface area contributed by atoms with Crippen LogP contribution >= 0.6 is 0 Å². The number of amides is 1. The van der Waals surface area contributed by atoms with Gasteiger partial charge < -0.3 is 15.2 Å². The number of nitrogens with one attached hydrogen (secondary N) is 1. The van der Waals surface area contributed by atoms with Crippen LogP contribution in [-0.2, 0) is 9.53 Å². The Labute approximate surface area is 146 Å². The van der Waals surface area contributed by atoms with E-state index in [4.69, 9.17) is 4.74 Å². The van der Waals surface area contributed by atoms with Gasteiger partial charge in [0.05, 0.1) is 23.1 Å². The third-order valence-corrected chi connectivity index (χ3v) is 4.06. The molecule has 7 heteroatoms. The molecule has 0 saturated heterocycles. The minimum Gasteiger partial charge on any atom is -0.480 e. The van der Waals surface area contributed by atoms with E-state index in [9.17, 15) is 14.7 Å². The standard InChI is InChI=1S/C18H23N3O4/c1-11-5-6-12(2)16(9-11)21-13(3)14(10-19-21)17(22)20-15(18(23)24)7-8-25-4/h5-6,9-10,15H,7-8H2,1-4H3,(H,20,22)(H,23,24). The fraction of sp³-hybridized carbons (Fsp3) is 0.389. The van der Waals surface area contributed by atoms with Crippen molar-refractivity contribution in [1.29, 1.82) is 0 Å². The molecule has 0 aliphatic heterocycles. The Kier molecular flexibility index (Phi) is 5.93. The highest BCUT2D eigenvalue weighted by Crippen LogP contribution is 2.19. The van der Waals surface area contributed by atoms with Crippen molar-refractivity contribution in [2.24, 2.45) is 0 Å². The normalized spacial score (nSPS) is 12.0. The molecule has 0 spiro atoms. The van der Waals surface area contributed by atoms with Crippen LogP contribution in [0.2, 0.25) is 0 Å². The first-order chi connectivity index (χ1) is 11.8. The Bertz CT molecular complexity index is 783. The molecule has 7 nitrogen and oxygen atoms in total. The molecule has 0 saturated carbocycles. The molecule has 1 aromatic carbocycles. The van der Waals surface area contributed by atoms with Gasteiger partial charge in [0.2, 0.25) is 0 Å². The number of hydrogen-bond donors (Lipinski definition) is 2. The summed E-state index contributed by atoms with van der Waals surface area (Å²) in [7, 11) is 1.49. The number of ether oxygens (including phenoxy) is 1. The number of rotatable bonds is 7. The minimum atomic E-state index is -1.09. The minimum absolute atomic E-state index is 0.196. The van der Waals surface area contributed by atoms with Gasteiger partial charge in [0.25, 0.3) is 5.91 Å². The summed E-state index contributed by atoms with van der Waals surface area (Å²) in [6.45, 7) is 6.00. The van der Waals surface area contributed by atoms with Crippen molar-refractivity contribution in [2.45, 2.75) is 33.2 Å². The van der Waals surface area contributed by atoms with Gasteiger partial charge in [-0.1, -0.05) is 12.1 Å². The van der Waals surface area contributed by atoms with E-state index in [-0.39, 0.29) is 13.0 Å². The van der Waals surface area contributed by atoms with Crippen LogP contribution in [0.1, 0.15) is 33.6 Å². The molecule has 0 aliphatic carbocycles. The van der Waals surface area contributed by atoms with Crippen LogP contribution in [0.25, 0.3) is 5.69 Å². The van der Waals surface area contributed by atoms with Gasteiger partial charge in [-0.15, -0.1) is 0 Å². The number of carbonyl (C=O) groups excluding carboxylic acids is 1. The maximum absolute atomic E-state index is 12.5. The number of nitrogens with zero attached hydrogens (tertiary/aromatic N) is 2. The lowest BCUT2D eigenvalue weighted by molar-refractivity contribution is -0.139. The van der Waals surface area contributed by atoms with Crippen LogP contribution in [0, 0.1) is 20.8 Å². The van der Waals surface area contributed by atoms with Crippen LogP contribution in [-0.4, -0.2) is 46.5 Å². The van der Waals surface area contributed by atoms with Crippen LogP contribution < -0.4 is 5.32 Å². The second-order valence-electron chi connectivity index (χ2n) is 5.99. The molecule has 25 heavy (non-hydrogen) atoms. The molecule has 1 atom stereocenters. The monoisotopic (exact) mass is 345 g/mol. The van der Waals surface area contributed by atoms with Gasteiger partial charge in [0.15, 0.2) is 0 Å². The number of hydrogen-bond acceptors (Lipinski definition) is 4. The first-order valence-corrected chi connectivity index (χ1v) is 8.00. The van der Waals surface area contributed by atoms with Crippen molar-refractivity contribution >= 4 is 11.9 Å². The predicted molar refractivity (Wildman–Crippen MR) is 93.2 cm³/mol. The molecular weight excluding hydrogens is 322 g/mol. The summed E-state index contributed by atoms with van der Waals surface area (Å²) in [5, 5.41) is 16.1. The van der Waals surface area contributed by atoms with E-state index in [0.29, 0.717) is 11.3 Å². The molecule has 1 unspecified atom stereocenters. The summed E-state index contributed by atoms with van der Waals surface area (Å²) < 4.78 is 6.59. The highest BCUT2D eigenvalue weighted by atomic mass is 16.5. The molecule has 2 N–H and O–H groups in total. The van der Waals surface area contributed by atoms with E-state index in [1.54, 1.807) is 11.6 Å². The topological polar surface area (TPSA) is 93.5 Å². The van der Waals surface area contributed by atoms with Crippen molar-refractivity contribution < 1.29 is 19.4 Å². The van der Waals surface area contributed by atoms with Gasteiger partial charge >= 0.3 is 5.97 Å². The fourth-order valence-electron chi connectivity index (χ4n) is 2.55. The maximum atomic E-state index is 12.5. The van der Waals surface area contributed by atoms with Crippen LogP contribution in [0.15, 0.2) is 24.4 Å². The highest BCUT2D eigenvalue weighted by molar-refractivity contribution is 5.97. The van der Waals surface area contributed by atoms with Gasteiger partial charge in [-0.25, -0.2) is 9.48 Å². The predicted octanol–water partition coefficient (Wildman–Crippen LogP) is 2.02. The van der Waals surface area contributed by atoms with Crippen LogP contribution in [0.4, 0.5) is 0 Å². The Morgan fingerprint density at radius 1 is 1.32 bits per heavy atom. The molecule has 1 amide bonds. The molecule has 1 heterocycles. The van der Waals surface area contributed by atoms with Crippen molar-refractivity contribution in [3.8, 4) is 5.69 Å². The van der Waals surface area contributed by atoms with E-state index in [1.165, 1.54) is 13.3 Å². The summed E-state index contributed by atoms with van der Waals surface area (Å²) in [5.41, 5.74) is 4.02. The van der Waals surface area contributed by atoms with Crippen LogP contribution in [0.3, 0.4) is 0 Å². The average Bonchev–Trinajstić information content (AvgIpc) is 2.94. The number of carboxylic acids is 1. The summed E-state index contributed by atoms with van der Waals surface area (Å²) in [4.78, 5) is 23.7. The van der Waals surface area contributed by atoms with Crippen molar-refractivity contribution in [3.63, 3.8) is 0 Å². The molecule has 1 aromatic heterocycles. The second-order valence-corrected chi connectivity index (χ2v) is 5.99. The Morgan fingerprint density at radius 2 is 2.04 bits per heavy atom. The summed E-state index contributed by atoms with van der Waals surface area (Å²) >= 11 is 0. The molecule has 2 rings (SSSR count). The van der Waals surface area contributed by atoms with Gasteiger partial charge in [-0.2, -0.15) is 5.10 Å². The zero-order valence-corrected chi connectivity index (χ0v) is 14.9. The first-order valence-electron chi connectivity index (χ1n) is 8.00. The number of aliphatic carboxylic acids is 1. The average molecular weight is 345 g/mol. The zero-order chi connectivity index (χ0) is 18.6. The number of benzene rings is 1. The molecular formula is C18H23N3O4.